The van der Waals surface area contributed by atoms with E-state index in [9.17, 15) is 9.59 Å². The number of aryl methyl sites for hydroxylation is 3. The van der Waals surface area contributed by atoms with Gasteiger partial charge in [0.15, 0.2) is 0 Å². The Morgan fingerprint density at radius 2 is 1.79 bits per heavy atom. The molecule has 248 valence electrons. The lowest BCUT2D eigenvalue weighted by Crippen LogP contribution is -2.39. The summed E-state index contributed by atoms with van der Waals surface area (Å²) in [6.07, 6.45) is 5.45. The summed E-state index contributed by atoms with van der Waals surface area (Å²) in [6.45, 7) is 20.2. The van der Waals surface area contributed by atoms with Gasteiger partial charge in [0.1, 0.15) is 5.60 Å². The van der Waals surface area contributed by atoms with Crippen LogP contribution in [-0.2, 0) is 37.3 Å². The highest BCUT2D eigenvalue weighted by atomic mass is 16.6. The van der Waals surface area contributed by atoms with Gasteiger partial charge in [0.25, 0.3) is 5.91 Å². The molecule has 9 heteroatoms. The molecule has 0 saturated heterocycles. The van der Waals surface area contributed by atoms with E-state index in [2.05, 4.69) is 80.7 Å². The van der Waals surface area contributed by atoms with Crippen LogP contribution in [0.3, 0.4) is 0 Å². The SMILES string of the molecule is CCc1ccc(-c2cc(C(=O)N3Cc4cnn(CC)c4C3)cc3cc(C4=CCCN(C(=O)OC(C)(C)C)C4)n(CC(C)C)c23)c(C)n1. The van der Waals surface area contributed by atoms with Crippen molar-refractivity contribution in [3.8, 4) is 11.1 Å². The van der Waals surface area contributed by atoms with Gasteiger partial charge in [0.05, 0.1) is 30.5 Å². The normalized spacial score (nSPS) is 15.0. The Hall–Kier alpha value is -4.40. The van der Waals surface area contributed by atoms with E-state index < -0.39 is 5.60 Å². The maximum atomic E-state index is 14.2. The van der Waals surface area contributed by atoms with E-state index in [4.69, 9.17) is 9.72 Å². The van der Waals surface area contributed by atoms with Crippen molar-refractivity contribution in [2.45, 2.75) is 100 Å². The van der Waals surface area contributed by atoms with Crippen molar-refractivity contribution in [3.63, 3.8) is 0 Å². The number of ether oxygens (including phenoxy) is 1. The minimum absolute atomic E-state index is 0.00827. The van der Waals surface area contributed by atoms with Gasteiger partial charge in [-0.25, -0.2) is 4.79 Å². The number of aromatic nitrogens is 4. The van der Waals surface area contributed by atoms with E-state index >= 15 is 0 Å². The topological polar surface area (TPSA) is 85.5 Å². The van der Waals surface area contributed by atoms with E-state index in [1.165, 1.54) is 0 Å². The Labute approximate surface area is 278 Å². The molecule has 0 N–H and O–H groups in total. The summed E-state index contributed by atoms with van der Waals surface area (Å²) in [4.78, 5) is 36.0. The van der Waals surface area contributed by atoms with Crippen LogP contribution >= 0.6 is 0 Å². The van der Waals surface area contributed by atoms with Crippen molar-refractivity contribution in [2.75, 3.05) is 13.1 Å². The summed E-state index contributed by atoms with van der Waals surface area (Å²) in [7, 11) is 0. The first-order valence-electron chi connectivity index (χ1n) is 17.0. The number of fused-ring (bicyclic) bond motifs is 2. The van der Waals surface area contributed by atoms with Gasteiger partial charge in [0, 0.05) is 70.9 Å². The number of nitrogens with zero attached hydrogens (tertiary/aromatic N) is 6. The Morgan fingerprint density at radius 1 is 1.00 bits per heavy atom. The fourth-order valence-electron chi connectivity index (χ4n) is 6.88. The third-order valence-electron chi connectivity index (χ3n) is 9.04. The molecular weight excluding hydrogens is 588 g/mol. The fraction of sp³-hybridized carbons (Fsp3) is 0.474. The quantitative estimate of drug-likeness (QED) is 0.208. The molecule has 0 spiro atoms. The van der Waals surface area contributed by atoms with Crippen molar-refractivity contribution in [2.24, 2.45) is 5.92 Å². The first kappa shape index (κ1) is 32.5. The van der Waals surface area contributed by atoms with Gasteiger partial charge in [-0.15, -0.1) is 0 Å². The summed E-state index contributed by atoms with van der Waals surface area (Å²) >= 11 is 0. The molecule has 3 aromatic heterocycles. The highest BCUT2D eigenvalue weighted by Gasteiger charge is 2.30. The summed E-state index contributed by atoms with van der Waals surface area (Å²) in [5, 5.41) is 5.49. The molecule has 9 nitrogen and oxygen atoms in total. The summed E-state index contributed by atoms with van der Waals surface area (Å²) in [6, 6.07) is 10.6. The van der Waals surface area contributed by atoms with E-state index in [1.807, 2.05) is 36.5 Å². The first-order chi connectivity index (χ1) is 22.4. The standard InChI is InChI=1S/C38H48N6O3/c1-9-30-13-14-31(25(5)40-30)32-17-28(36(45)42-22-29-19-39-44(10-2)34(29)23-42)16-27-18-33(43(35(27)32)20-24(3)4)26-12-11-15-41(21-26)37(46)47-38(6,7)8/h12-14,16-19,24H,9-11,15,20-23H2,1-8H3. The Morgan fingerprint density at radius 3 is 2.47 bits per heavy atom. The Kier molecular flexibility index (Phi) is 8.76. The molecule has 5 heterocycles. The van der Waals surface area contributed by atoms with Crippen LogP contribution < -0.4 is 0 Å². The number of amides is 2. The number of pyridine rings is 1. The van der Waals surface area contributed by atoms with Crippen molar-refractivity contribution in [1.82, 2.24) is 29.1 Å². The molecular formula is C38H48N6O3. The number of carbonyl (C=O) groups is 2. The highest BCUT2D eigenvalue weighted by molar-refractivity contribution is 6.05. The minimum Gasteiger partial charge on any atom is -0.444 e. The monoisotopic (exact) mass is 636 g/mol. The van der Waals surface area contributed by atoms with Crippen LogP contribution in [0.1, 0.15) is 93.6 Å². The predicted octanol–water partition coefficient (Wildman–Crippen LogP) is 7.63. The molecule has 0 aliphatic carbocycles. The molecule has 4 aromatic rings. The number of hydrogen-bond donors (Lipinski definition) is 0. The fourth-order valence-corrected chi connectivity index (χ4v) is 6.88. The van der Waals surface area contributed by atoms with Crippen LogP contribution in [0, 0.1) is 12.8 Å². The second-order valence-corrected chi connectivity index (χ2v) is 14.3. The van der Waals surface area contributed by atoms with Crippen molar-refractivity contribution in [3.05, 3.63) is 76.5 Å². The van der Waals surface area contributed by atoms with Gasteiger partial charge in [-0.2, -0.15) is 5.10 Å². The predicted molar refractivity (Wildman–Crippen MR) is 186 cm³/mol. The molecule has 2 aliphatic heterocycles. The second-order valence-electron chi connectivity index (χ2n) is 14.3. The number of rotatable bonds is 7. The van der Waals surface area contributed by atoms with Crippen molar-refractivity contribution < 1.29 is 14.3 Å². The maximum absolute atomic E-state index is 14.2. The lowest BCUT2D eigenvalue weighted by atomic mass is 9.97. The lowest BCUT2D eigenvalue weighted by Gasteiger charge is -2.30. The molecule has 0 fully saturated rings. The zero-order valence-electron chi connectivity index (χ0n) is 29.2. The lowest BCUT2D eigenvalue weighted by molar-refractivity contribution is 0.0272. The molecule has 6 rings (SSSR count). The van der Waals surface area contributed by atoms with E-state index in [-0.39, 0.29) is 12.0 Å². The van der Waals surface area contributed by atoms with Crippen LogP contribution in [0.25, 0.3) is 27.6 Å². The van der Waals surface area contributed by atoms with Crippen LogP contribution in [-0.4, -0.2) is 59.8 Å². The average Bonchev–Trinajstić information content (AvgIpc) is 3.72. The molecule has 2 amide bonds. The summed E-state index contributed by atoms with van der Waals surface area (Å²) in [5.41, 5.74) is 9.58. The molecule has 0 saturated carbocycles. The number of hydrogen-bond acceptors (Lipinski definition) is 5. The first-order valence-corrected chi connectivity index (χ1v) is 17.0. The molecule has 1 aromatic carbocycles. The van der Waals surface area contributed by atoms with Crippen molar-refractivity contribution in [1.29, 1.82) is 0 Å². The Balaban J connectivity index is 1.48. The zero-order valence-corrected chi connectivity index (χ0v) is 29.2. The van der Waals surface area contributed by atoms with E-state index in [1.54, 1.807) is 4.90 Å². The van der Waals surface area contributed by atoms with Gasteiger partial charge in [-0.3, -0.25) is 14.5 Å². The Bertz CT molecular complexity index is 1870. The zero-order chi connectivity index (χ0) is 33.6. The number of benzene rings is 1. The third kappa shape index (κ3) is 6.45. The van der Waals surface area contributed by atoms with Gasteiger partial charge in [-0.1, -0.05) is 32.9 Å². The average molecular weight is 637 g/mol. The largest absolute Gasteiger partial charge is 0.444 e. The van der Waals surface area contributed by atoms with E-state index in [0.29, 0.717) is 37.7 Å². The second kappa shape index (κ2) is 12.7. The smallest absolute Gasteiger partial charge is 0.410 e. The maximum Gasteiger partial charge on any atom is 0.410 e. The number of carbonyl (C=O) groups excluding carboxylic acids is 2. The highest BCUT2D eigenvalue weighted by Crippen LogP contribution is 2.38. The summed E-state index contributed by atoms with van der Waals surface area (Å²) < 4.78 is 10.1. The molecule has 0 radical (unpaired) electrons. The van der Waals surface area contributed by atoms with E-state index in [0.717, 1.165) is 81.9 Å². The molecule has 0 unspecified atom stereocenters. The molecule has 0 atom stereocenters. The van der Waals surface area contributed by atoms with Crippen molar-refractivity contribution >= 4 is 28.5 Å². The van der Waals surface area contributed by atoms with Crippen LogP contribution in [0.5, 0.6) is 0 Å². The van der Waals surface area contributed by atoms with Gasteiger partial charge >= 0.3 is 6.09 Å². The van der Waals surface area contributed by atoms with Gasteiger partial charge in [-0.05, 0) is 83.2 Å². The summed E-state index contributed by atoms with van der Waals surface area (Å²) in [5.74, 6) is 0.376. The minimum atomic E-state index is -0.561. The molecule has 47 heavy (non-hydrogen) atoms. The van der Waals surface area contributed by atoms with Crippen LogP contribution in [0.15, 0.2) is 42.6 Å². The molecule has 2 aliphatic rings. The van der Waals surface area contributed by atoms with Gasteiger partial charge < -0.3 is 19.1 Å². The molecule has 0 bridgehead atoms. The van der Waals surface area contributed by atoms with Crippen LogP contribution in [0.4, 0.5) is 4.79 Å². The van der Waals surface area contributed by atoms with Crippen LogP contribution in [0.2, 0.25) is 0 Å². The third-order valence-corrected chi connectivity index (χ3v) is 9.04. The van der Waals surface area contributed by atoms with Gasteiger partial charge in [0.2, 0.25) is 0 Å².